The predicted octanol–water partition coefficient (Wildman–Crippen LogP) is 3.13. The Bertz CT molecular complexity index is 1060. The molecule has 3 aromatic rings. The van der Waals surface area contributed by atoms with Crippen molar-refractivity contribution in [2.24, 2.45) is 5.73 Å². The van der Waals surface area contributed by atoms with Crippen LogP contribution in [0.15, 0.2) is 79.8 Å². The molecule has 5 N–H and O–H groups in total. The summed E-state index contributed by atoms with van der Waals surface area (Å²) in [5.74, 6) is 2.32. The van der Waals surface area contributed by atoms with Crippen LogP contribution in [0.5, 0.6) is 11.5 Å². The predicted molar refractivity (Wildman–Crippen MR) is 127 cm³/mol. The molecule has 0 aliphatic heterocycles. The van der Waals surface area contributed by atoms with Gasteiger partial charge in [-0.05, 0) is 48.7 Å². The third kappa shape index (κ3) is 6.03. The van der Waals surface area contributed by atoms with E-state index in [0.29, 0.717) is 6.04 Å². The van der Waals surface area contributed by atoms with Crippen LogP contribution in [0.3, 0.4) is 0 Å². The molecular formula is C26H30N5O2+. The topological polar surface area (TPSA) is 107 Å². The lowest BCUT2D eigenvalue weighted by molar-refractivity contribution is -0.618. The number of amides is 1. The number of nitrogens with one attached hydrogen (secondary N) is 1. The minimum atomic E-state index is -0.341. The van der Waals surface area contributed by atoms with Crippen molar-refractivity contribution in [1.29, 1.82) is 0 Å². The normalized spacial score (nSPS) is 18.8. The second-order valence-corrected chi connectivity index (χ2v) is 8.32. The largest absolute Gasteiger partial charge is 0.457 e. The number of nitrogens with two attached hydrogens (primary N) is 2. The van der Waals surface area contributed by atoms with E-state index in [1.807, 2.05) is 54.6 Å². The zero-order chi connectivity index (χ0) is 23.0. The number of rotatable bonds is 8. The van der Waals surface area contributed by atoms with Crippen molar-refractivity contribution >= 4 is 11.7 Å². The fraction of sp³-hybridized carbons (Fsp3) is 0.269. The second-order valence-electron chi connectivity index (χ2n) is 8.32. The smallest absolute Gasteiger partial charge is 0.243 e. The van der Waals surface area contributed by atoms with Crippen LogP contribution in [0.1, 0.15) is 42.9 Å². The summed E-state index contributed by atoms with van der Waals surface area (Å²) >= 11 is 0. The SMILES string of the molecule is C=CC(=O)NC1CCC([NH2+]c2ncncc2C(N)c2ccc(Oc3ccccc3)cc2)CC1. The summed E-state index contributed by atoms with van der Waals surface area (Å²) in [4.78, 5) is 20.3. The maximum Gasteiger partial charge on any atom is 0.243 e. The summed E-state index contributed by atoms with van der Waals surface area (Å²) in [6.07, 6.45) is 8.56. The summed E-state index contributed by atoms with van der Waals surface area (Å²) in [5, 5.41) is 5.20. The Labute approximate surface area is 194 Å². The lowest BCUT2D eigenvalue weighted by Crippen LogP contribution is -2.86. The van der Waals surface area contributed by atoms with E-state index < -0.39 is 0 Å². The molecule has 0 saturated heterocycles. The van der Waals surface area contributed by atoms with Gasteiger partial charge >= 0.3 is 0 Å². The first-order chi connectivity index (χ1) is 16.1. The van der Waals surface area contributed by atoms with E-state index in [9.17, 15) is 4.79 Å². The lowest BCUT2D eigenvalue weighted by Gasteiger charge is -2.27. The molecule has 7 heteroatoms. The van der Waals surface area contributed by atoms with Crippen LogP contribution in [0, 0.1) is 0 Å². The first kappa shape index (κ1) is 22.6. The van der Waals surface area contributed by atoms with Crippen molar-refractivity contribution < 1.29 is 14.8 Å². The molecule has 1 aliphatic rings. The summed E-state index contributed by atoms with van der Waals surface area (Å²) < 4.78 is 5.88. The van der Waals surface area contributed by atoms with Gasteiger partial charge in [-0.15, -0.1) is 0 Å². The third-order valence-electron chi connectivity index (χ3n) is 6.02. The maximum absolute atomic E-state index is 11.5. The molecule has 0 spiro atoms. The Morgan fingerprint density at radius 1 is 1.09 bits per heavy atom. The van der Waals surface area contributed by atoms with Crippen molar-refractivity contribution in [1.82, 2.24) is 15.3 Å². The fourth-order valence-electron chi connectivity index (χ4n) is 4.19. The Kier molecular flexibility index (Phi) is 7.44. The highest BCUT2D eigenvalue weighted by molar-refractivity contribution is 5.87. The zero-order valence-electron chi connectivity index (χ0n) is 18.6. The van der Waals surface area contributed by atoms with E-state index in [1.165, 1.54) is 6.08 Å². The van der Waals surface area contributed by atoms with Crippen LogP contribution in [0.25, 0.3) is 0 Å². The molecule has 33 heavy (non-hydrogen) atoms. The number of ether oxygens (including phenoxy) is 1. The number of carbonyl (C=O) groups excluding carboxylic acids is 1. The highest BCUT2D eigenvalue weighted by Crippen LogP contribution is 2.27. The van der Waals surface area contributed by atoms with Gasteiger partial charge in [-0.1, -0.05) is 36.9 Å². The molecule has 2 aromatic carbocycles. The van der Waals surface area contributed by atoms with Gasteiger partial charge in [0.05, 0.1) is 17.6 Å². The average Bonchev–Trinajstić information content (AvgIpc) is 2.86. The number of carbonyl (C=O) groups is 1. The van der Waals surface area contributed by atoms with Gasteiger partial charge in [0.15, 0.2) is 0 Å². The molecular weight excluding hydrogens is 414 g/mol. The van der Waals surface area contributed by atoms with Gasteiger partial charge in [0.2, 0.25) is 11.7 Å². The molecule has 1 aromatic heterocycles. The van der Waals surface area contributed by atoms with E-state index in [2.05, 4.69) is 27.2 Å². The molecule has 7 nitrogen and oxygen atoms in total. The van der Waals surface area contributed by atoms with Gasteiger partial charge in [0.25, 0.3) is 0 Å². The Hall–Kier alpha value is -3.55. The molecule has 1 heterocycles. The third-order valence-corrected chi connectivity index (χ3v) is 6.02. The van der Waals surface area contributed by atoms with E-state index in [-0.39, 0.29) is 18.0 Å². The number of hydrogen-bond acceptors (Lipinski definition) is 5. The van der Waals surface area contributed by atoms with Crippen LogP contribution in [0.2, 0.25) is 0 Å². The molecule has 1 unspecified atom stereocenters. The molecule has 0 bridgehead atoms. The minimum absolute atomic E-state index is 0.105. The maximum atomic E-state index is 11.5. The molecule has 1 amide bonds. The van der Waals surface area contributed by atoms with E-state index >= 15 is 0 Å². The number of nitrogens with zero attached hydrogens (tertiary/aromatic N) is 2. The van der Waals surface area contributed by atoms with Crippen LogP contribution in [0.4, 0.5) is 5.82 Å². The zero-order valence-corrected chi connectivity index (χ0v) is 18.6. The van der Waals surface area contributed by atoms with E-state index in [0.717, 1.165) is 54.1 Å². The van der Waals surface area contributed by atoms with Crippen LogP contribution in [-0.2, 0) is 4.79 Å². The monoisotopic (exact) mass is 444 g/mol. The van der Waals surface area contributed by atoms with Crippen molar-refractivity contribution in [3.8, 4) is 11.5 Å². The molecule has 1 saturated carbocycles. The first-order valence-corrected chi connectivity index (χ1v) is 11.3. The standard InChI is InChI=1S/C26H29N5O2/c1-2-24(32)30-19-10-12-20(13-11-19)31-26-23(16-28-17-29-26)25(27)18-8-14-22(15-9-18)33-21-6-4-3-5-7-21/h2-9,14-17,19-20,25H,1,10-13,27H2,(H,30,32)(H,28,29,31)/p+1. The summed E-state index contributed by atoms with van der Waals surface area (Å²) in [6.45, 7) is 3.52. The van der Waals surface area contributed by atoms with Crippen molar-refractivity contribution in [3.63, 3.8) is 0 Å². The molecule has 0 radical (unpaired) electrons. The Morgan fingerprint density at radius 3 is 2.48 bits per heavy atom. The quantitative estimate of drug-likeness (QED) is 0.463. The highest BCUT2D eigenvalue weighted by Gasteiger charge is 2.27. The summed E-state index contributed by atoms with van der Waals surface area (Å²) in [7, 11) is 0. The Morgan fingerprint density at radius 2 is 1.79 bits per heavy atom. The molecule has 170 valence electrons. The summed E-state index contributed by atoms with van der Waals surface area (Å²) in [6, 6.07) is 17.8. The van der Waals surface area contributed by atoms with Gasteiger partial charge in [-0.2, -0.15) is 4.98 Å². The Balaban J connectivity index is 1.40. The molecule has 4 rings (SSSR count). The van der Waals surface area contributed by atoms with Crippen molar-refractivity contribution in [2.45, 2.75) is 43.8 Å². The van der Waals surface area contributed by atoms with Gasteiger partial charge in [0, 0.05) is 25.1 Å². The molecule has 1 atom stereocenters. The van der Waals surface area contributed by atoms with Crippen molar-refractivity contribution in [3.05, 3.63) is 90.9 Å². The highest BCUT2D eigenvalue weighted by atomic mass is 16.5. The van der Waals surface area contributed by atoms with Gasteiger partial charge in [0.1, 0.15) is 17.8 Å². The average molecular weight is 445 g/mol. The second kappa shape index (κ2) is 10.8. The van der Waals surface area contributed by atoms with Crippen LogP contribution < -0.4 is 21.1 Å². The summed E-state index contributed by atoms with van der Waals surface area (Å²) in [5.41, 5.74) is 8.49. The van der Waals surface area contributed by atoms with E-state index in [1.54, 1.807) is 12.5 Å². The fourth-order valence-corrected chi connectivity index (χ4v) is 4.19. The molecule has 1 fully saturated rings. The van der Waals surface area contributed by atoms with Crippen molar-refractivity contribution in [2.75, 3.05) is 0 Å². The van der Waals surface area contributed by atoms with Gasteiger partial charge < -0.3 is 15.8 Å². The molecule has 1 aliphatic carbocycles. The first-order valence-electron chi connectivity index (χ1n) is 11.3. The van der Waals surface area contributed by atoms with Gasteiger partial charge in [-0.3, -0.25) is 10.1 Å². The minimum Gasteiger partial charge on any atom is -0.457 e. The van der Waals surface area contributed by atoms with Crippen LogP contribution in [-0.4, -0.2) is 28.0 Å². The van der Waals surface area contributed by atoms with Crippen LogP contribution >= 0.6 is 0 Å². The number of hydrogen-bond donors (Lipinski definition) is 3. The number of quaternary nitrogens is 1. The number of benzene rings is 2. The van der Waals surface area contributed by atoms with Gasteiger partial charge in [-0.25, -0.2) is 4.98 Å². The number of para-hydroxylation sites is 1. The number of aromatic nitrogens is 2. The van der Waals surface area contributed by atoms with E-state index in [4.69, 9.17) is 10.5 Å². The lowest BCUT2D eigenvalue weighted by atomic mass is 9.90.